The van der Waals surface area contributed by atoms with E-state index in [1.165, 1.54) is 6.08 Å². The Morgan fingerprint density at radius 1 is 1.09 bits per heavy atom. The molecule has 1 aliphatic heterocycles. The van der Waals surface area contributed by atoms with Crippen LogP contribution in [0.25, 0.3) is 0 Å². The Bertz CT molecular complexity index is 729. The van der Waals surface area contributed by atoms with Crippen LogP contribution in [0.5, 0.6) is 0 Å². The topological polar surface area (TPSA) is 43.4 Å². The molecule has 23 heavy (non-hydrogen) atoms. The van der Waals surface area contributed by atoms with Crippen molar-refractivity contribution in [3.8, 4) is 0 Å². The SMILES string of the molecule is Cc1ccc(C(=O)C[C@@H](c2ccccc2)[C@@H]2C=CC(=O)O2)cc1. The first kappa shape index (κ1) is 15.2. The molecule has 0 radical (unpaired) electrons. The number of hydrogen-bond acceptors (Lipinski definition) is 3. The zero-order chi connectivity index (χ0) is 16.2. The number of cyclic esters (lactones) is 1. The van der Waals surface area contributed by atoms with Crippen molar-refractivity contribution in [2.75, 3.05) is 0 Å². The Hall–Kier alpha value is -2.68. The predicted molar refractivity (Wildman–Crippen MR) is 88.3 cm³/mol. The molecular weight excluding hydrogens is 288 g/mol. The summed E-state index contributed by atoms with van der Waals surface area (Å²) in [5.41, 5.74) is 2.80. The molecule has 0 amide bonds. The van der Waals surface area contributed by atoms with Crippen LogP contribution < -0.4 is 0 Å². The number of ether oxygens (including phenoxy) is 1. The Balaban J connectivity index is 1.84. The van der Waals surface area contributed by atoms with Crippen LogP contribution in [0.2, 0.25) is 0 Å². The van der Waals surface area contributed by atoms with E-state index >= 15 is 0 Å². The number of aryl methyl sites for hydroxylation is 1. The zero-order valence-corrected chi connectivity index (χ0v) is 12.9. The second-order valence-corrected chi connectivity index (χ2v) is 5.77. The van der Waals surface area contributed by atoms with Crippen molar-refractivity contribution in [1.29, 1.82) is 0 Å². The fourth-order valence-electron chi connectivity index (χ4n) is 2.78. The lowest BCUT2D eigenvalue weighted by Gasteiger charge is -2.21. The van der Waals surface area contributed by atoms with Gasteiger partial charge in [-0.3, -0.25) is 4.79 Å². The molecule has 0 saturated carbocycles. The van der Waals surface area contributed by atoms with Gasteiger partial charge in [0, 0.05) is 24.0 Å². The van der Waals surface area contributed by atoms with Crippen molar-refractivity contribution in [2.24, 2.45) is 0 Å². The summed E-state index contributed by atoms with van der Waals surface area (Å²) in [4.78, 5) is 24.0. The molecule has 0 N–H and O–H groups in total. The number of carbonyl (C=O) groups is 2. The highest BCUT2D eigenvalue weighted by Gasteiger charge is 2.30. The third-order valence-electron chi connectivity index (χ3n) is 4.08. The molecule has 0 aliphatic carbocycles. The van der Waals surface area contributed by atoms with E-state index in [0.717, 1.165) is 11.1 Å². The number of ketones is 1. The fourth-order valence-corrected chi connectivity index (χ4v) is 2.78. The van der Waals surface area contributed by atoms with E-state index in [4.69, 9.17) is 4.74 Å². The van der Waals surface area contributed by atoms with Crippen molar-refractivity contribution in [3.05, 3.63) is 83.4 Å². The van der Waals surface area contributed by atoms with E-state index in [-0.39, 0.29) is 23.8 Å². The Kier molecular flexibility index (Phi) is 4.38. The summed E-state index contributed by atoms with van der Waals surface area (Å²) in [6.45, 7) is 1.99. The fraction of sp³-hybridized carbons (Fsp3) is 0.200. The maximum Gasteiger partial charge on any atom is 0.331 e. The number of carbonyl (C=O) groups excluding carboxylic acids is 2. The van der Waals surface area contributed by atoms with Gasteiger partial charge in [0.05, 0.1) is 0 Å². The quantitative estimate of drug-likeness (QED) is 0.623. The van der Waals surface area contributed by atoms with Crippen molar-refractivity contribution in [3.63, 3.8) is 0 Å². The van der Waals surface area contributed by atoms with Crippen molar-refractivity contribution < 1.29 is 14.3 Å². The molecule has 0 saturated heterocycles. The smallest absolute Gasteiger partial charge is 0.331 e. The maximum absolute atomic E-state index is 12.6. The van der Waals surface area contributed by atoms with Gasteiger partial charge in [-0.2, -0.15) is 0 Å². The van der Waals surface area contributed by atoms with E-state index < -0.39 is 0 Å². The van der Waals surface area contributed by atoms with E-state index in [0.29, 0.717) is 12.0 Å². The number of esters is 1. The summed E-state index contributed by atoms with van der Waals surface area (Å²) in [6.07, 6.45) is 3.08. The summed E-state index contributed by atoms with van der Waals surface area (Å²) in [7, 11) is 0. The summed E-state index contributed by atoms with van der Waals surface area (Å²) < 4.78 is 5.33. The second-order valence-electron chi connectivity index (χ2n) is 5.77. The average molecular weight is 306 g/mol. The van der Waals surface area contributed by atoms with Gasteiger partial charge in [0.1, 0.15) is 6.10 Å². The summed E-state index contributed by atoms with van der Waals surface area (Å²) >= 11 is 0. The summed E-state index contributed by atoms with van der Waals surface area (Å²) in [5.74, 6) is -0.471. The first-order valence-electron chi connectivity index (χ1n) is 7.67. The Morgan fingerprint density at radius 3 is 2.39 bits per heavy atom. The second kappa shape index (κ2) is 6.61. The van der Waals surface area contributed by atoms with Crippen LogP contribution in [0, 0.1) is 6.92 Å². The molecule has 2 aromatic carbocycles. The van der Waals surface area contributed by atoms with Crippen LogP contribution in [-0.2, 0) is 9.53 Å². The molecule has 1 aliphatic rings. The number of Topliss-reactive ketones (excluding diaryl/α,β-unsaturated/α-hetero) is 1. The van der Waals surface area contributed by atoms with Crippen LogP contribution in [0.4, 0.5) is 0 Å². The minimum Gasteiger partial charge on any atom is -0.454 e. The zero-order valence-electron chi connectivity index (χ0n) is 12.9. The molecule has 2 aromatic rings. The number of benzene rings is 2. The van der Waals surface area contributed by atoms with Crippen LogP contribution in [0.1, 0.15) is 33.8 Å². The van der Waals surface area contributed by atoms with Crippen LogP contribution in [0.15, 0.2) is 66.7 Å². The van der Waals surface area contributed by atoms with Crippen molar-refractivity contribution in [2.45, 2.75) is 25.4 Å². The molecule has 0 fully saturated rings. The Labute approximate surface area is 135 Å². The van der Waals surface area contributed by atoms with Crippen LogP contribution >= 0.6 is 0 Å². The molecule has 0 aromatic heterocycles. The van der Waals surface area contributed by atoms with E-state index in [9.17, 15) is 9.59 Å². The molecular formula is C20H18O3. The van der Waals surface area contributed by atoms with Gasteiger partial charge in [-0.25, -0.2) is 4.79 Å². The normalized spacial score (nSPS) is 17.8. The van der Waals surface area contributed by atoms with Crippen LogP contribution in [-0.4, -0.2) is 17.9 Å². The number of hydrogen-bond donors (Lipinski definition) is 0. The highest BCUT2D eigenvalue weighted by Crippen LogP contribution is 2.30. The van der Waals surface area contributed by atoms with Gasteiger partial charge in [-0.05, 0) is 18.6 Å². The predicted octanol–water partition coefficient (Wildman–Crippen LogP) is 3.83. The monoisotopic (exact) mass is 306 g/mol. The minimum atomic E-state index is -0.390. The first-order valence-corrected chi connectivity index (χ1v) is 7.67. The number of rotatable bonds is 5. The van der Waals surface area contributed by atoms with E-state index in [1.807, 2.05) is 61.5 Å². The molecule has 1 heterocycles. The lowest BCUT2D eigenvalue weighted by Crippen LogP contribution is -2.21. The van der Waals surface area contributed by atoms with Gasteiger partial charge >= 0.3 is 5.97 Å². The maximum atomic E-state index is 12.6. The van der Waals surface area contributed by atoms with Crippen molar-refractivity contribution >= 4 is 11.8 Å². The molecule has 3 rings (SSSR count). The molecule has 0 unspecified atom stereocenters. The van der Waals surface area contributed by atoms with Gasteiger partial charge in [0.15, 0.2) is 5.78 Å². The molecule has 0 spiro atoms. The minimum absolute atomic E-state index is 0.0511. The van der Waals surface area contributed by atoms with Crippen molar-refractivity contribution in [1.82, 2.24) is 0 Å². The summed E-state index contributed by atoms with van der Waals surface area (Å²) in [5, 5.41) is 0. The molecule has 3 heteroatoms. The molecule has 116 valence electrons. The van der Waals surface area contributed by atoms with Gasteiger partial charge in [0.2, 0.25) is 0 Å². The van der Waals surface area contributed by atoms with E-state index in [2.05, 4.69) is 0 Å². The largest absolute Gasteiger partial charge is 0.454 e. The van der Waals surface area contributed by atoms with Crippen LogP contribution in [0.3, 0.4) is 0 Å². The summed E-state index contributed by atoms with van der Waals surface area (Å²) in [6, 6.07) is 17.3. The van der Waals surface area contributed by atoms with Gasteiger partial charge < -0.3 is 4.74 Å². The Morgan fingerprint density at radius 2 is 1.78 bits per heavy atom. The molecule has 3 nitrogen and oxygen atoms in total. The average Bonchev–Trinajstić information content (AvgIpc) is 3.00. The van der Waals surface area contributed by atoms with Gasteiger partial charge in [-0.15, -0.1) is 0 Å². The third kappa shape index (κ3) is 3.57. The lowest BCUT2D eigenvalue weighted by atomic mass is 9.87. The lowest BCUT2D eigenvalue weighted by molar-refractivity contribution is -0.139. The van der Waals surface area contributed by atoms with Gasteiger partial charge in [0.25, 0.3) is 0 Å². The first-order chi connectivity index (χ1) is 11.1. The third-order valence-corrected chi connectivity index (χ3v) is 4.08. The highest BCUT2D eigenvalue weighted by atomic mass is 16.5. The molecule has 0 bridgehead atoms. The standard InChI is InChI=1S/C20H18O3/c1-14-7-9-16(10-8-14)18(21)13-17(15-5-3-2-4-6-15)19-11-12-20(22)23-19/h2-12,17,19H,13H2,1H3/t17-,19-/m0/s1. The van der Waals surface area contributed by atoms with Gasteiger partial charge in [-0.1, -0.05) is 60.2 Å². The van der Waals surface area contributed by atoms with E-state index in [1.54, 1.807) is 6.08 Å². The molecule has 2 atom stereocenters. The highest BCUT2D eigenvalue weighted by molar-refractivity contribution is 5.96.